The molecule has 0 amide bonds. The first-order valence-electron chi connectivity index (χ1n) is 6.01. The van der Waals surface area contributed by atoms with Crippen molar-refractivity contribution in [2.45, 2.75) is 32.2 Å². The minimum atomic E-state index is 0.874. The molecule has 1 N–H and O–H groups in total. The highest BCUT2D eigenvalue weighted by molar-refractivity contribution is 4.98. The van der Waals surface area contributed by atoms with Gasteiger partial charge < -0.3 is 5.32 Å². The fraction of sp³-hybridized carbons (Fsp3) is 0.833. The van der Waals surface area contributed by atoms with Gasteiger partial charge in [-0.05, 0) is 38.3 Å². The van der Waals surface area contributed by atoms with Gasteiger partial charge in [0.1, 0.15) is 0 Å². The van der Waals surface area contributed by atoms with Gasteiger partial charge in [-0.1, -0.05) is 19.1 Å². The van der Waals surface area contributed by atoms with E-state index in [4.69, 9.17) is 0 Å². The van der Waals surface area contributed by atoms with Gasteiger partial charge in [0.2, 0.25) is 0 Å². The molecule has 0 aromatic carbocycles. The average molecular weight is 194 g/mol. The van der Waals surface area contributed by atoms with E-state index in [1.165, 1.54) is 38.9 Å². The highest BCUT2D eigenvalue weighted by Crippen LogP contribution is 2.32. The monoisotopic (exact) mass is 194 g/mol. The minimum absolute atomic E-state index is 0.874. The van der Waals surface area contributed by atoms with Crippen LogP contribution in [0, 0.1) is 5.92 Å². The van der Waals surface area contributed by atoms with Crippen molar-refractivity contribution in [1.82, 2.24) is 10.2 Å². The first-order valence-corrected chi connectivity index (χ1v) is 6.01. The second-order valence-electron chi connectivity index (χ2n) is 4.47. The van der Waals surface area contributed by atoms with Gasteiger partial charge in [0, 0.05) is 19.1 Å². The number of nitrogens with one attached hydrogen (secondary N) is 1. The van der Waals surface area contributed by atoms with E-state index in [2.05, 4.69) is 29.3 Å². The van der Waals surface area contributed by atoms with Crippen LogP contribution in [0.25, 0.3) is 0 Å². The lowest BCUT2D eigenvalue weighted by Crippen LogP contribution is -2.51. The van der Waals surface area contributed by atoms with Crippen molar-refractivity contribution in [3.63, 3.8) is 0 Å². The SMILES string of the molecule is CCNCC1CCC1N1CC=CCC1. The van der Waals surface area contributed by atoms with E-state index in [0.717, 1.165) is 18.5 Å². The molecular weight excluding hydrogens is 172 g/mol. The smallest absolute Gasteiger partial charge is 0.0166 e. The van der Waals surface area contributed by atoms with Crippen LogP contribution >= 0.6 is 0 Å². The van der Waals surface area contributed by atoms with E-state index in [1.807, 2.05) is 0 Å². The summed E-state index contributed by atoms with van der Waals surface area (Å²) >= 11 is 0. The summed E-state index contributed by atoms with van der Waals surface area (Å²) in [5, 5.41) is 3.47. The summed E-state index contributed by atoms with van der Waals surface area (Å²) in [6.45, 7) is 7.00. The predicted molar refractivity (Wildman–Crippen MR) is 60.4 cm³/mol. The van der Waals surface area contributed by atoms with Gasteiger partial charge >= 0.3 is 0 Å². The highest BCUT2D eigenvalue weighted by Gasteiger charge is 2.34. The van der Waals surface area contributed by atoms with E-state index >= 15 is 0 Å². The quantitative estimate of drug-likeness (QED) is 0.684. The van der Waals surface area contributed by atoms with Gasteiger partial charge in [0.15, 0.2) is 0 Å². The molecule has 2 atom stereocenters. The van der Waals surface area contributed by atoms with E-state index < -0.39 is 0 Å². The lowest BCUT2D eigenvalue weighted by molar-refractivity contribution is 0.0701. The maximum absolute atomic E-state index is 3.47. The van der Waals surface area contributed by atoms with Gasteiger partial charge in [-0.25, -0.2) is 0 Å². The number of nitrogens with zero attached hydrogens (tertiary/aromatic N) is 1. The molecule has 0 saturated heterocycles. The Kier molecular flexibility index (Phi) is 3.60. The Labute approximate surface area is 87.4 Å². The van der Waals surface area contributed by atoms with Crippen LogP contribution in [0.2, 0.25) is 0 Å². The first kappa shape index (κ1) is 10.2. The lowest BCUT2D eigenvalue weighted by Gasteiger charge is -2.45. The Morgan fingerprint density at radius 3 is 2.86 bits per heavy atom. The second kappa shape index (κ2) is 4.94. The van der Waals surface area contributed by atoms with Gasteiger partial charge in [-0.3, -0.25) is 4.90 Å². The van der Waals surface area contributed by atoms with E-state index in [9.17, 15) is 0 Å². The van der Waals surface area contributed by atoms with Crippen LogP contribution in [0.15, 0.2) is 12.2 Å². The molecule has 0 aromatic heterocycles. The fourth-order valence-electron chi connectivity index (χ4n) is 2.56. The molecular formula is C12H22N2. The van der Waals surface area contributed by atoms with Crippen LogP contribution < -0.4 is 5.32 Å². The van der Waals surface area contributed by atoms with Crippen LogP contribution in [-0.4, -0.2) is 37.1 Å². The van der Waals surface area contributed by atoms with E-state index in [-0.39, 0.29) is 0 Å². The normalized spacial score (nSPS) is 32.9. The summed E-state index contributed by atoms with van der Waals surface area (Å²) in [6.07, 6.45) is 8.74. The number of hydrogen-bond acceptors (Lipinski definition) is 2. The Balaban J connectivity index is 1.77. The maximum atomic E-state index is 3.47. The Bertz CT molecular complexity index is 200. The molecule has 14 heavy (non-hydrogen) atoms. The third-order valence-electron chi connectivity index (χ3n) is 3.59. The van der Waals surface area contributed by atoms with Crippen molar-refractivity contribution >= 4 is 0 Å². The standard InChI is InChI=1S/C12H22N2/c1-2-13-10-11-6-7-12(11)14-8-4-3-5-9-14/h3-4,11-13H,2,5-10H2,1H3. The van der Waals surface area contributed by atoms with Crippen LogP contribution in [0.4, 0.5) is 0 Å². The van der Waals surface area contributed by atoms with Crippen molar-refractivity contribution in [3.8, 4) is 0 Å². The topological polar surface area (TPSA) is 15.3 Å². The van der Waals surface area contributed by atoms with Crippen molar-refractivity contribution in [1.29, 1.82) is 0 Å². The summed E-state index contributed by atoms with van der Waals surface area (Å²) < 4.78 is 0. The third-order valence-corrected chi connectivity index (χ3v) is 3.59. The van der Waals surface area contributed by atoms with Crippen molar-refractivity contribution < 1.29 is 0 Å². The van der Waals surface area contributed by atoms with Crippen LogP contribution in [0.3, 0.4) is 0 Å². The molecule has 0 spiro atoms. The zero-order valence-corrected chi connectivity index (χ0v) is 9.21. The van der Waals surface area contributed by atoms with Gasteiger partial charge in [0.05, 0.1) is 0 Å². The Morgan fingerprint density at radius 2 is 2.29 bits per heavy atom. The Morgan fingerprint density at radius 1 is 1.36 bits per heavy atom. The van der Waals surface area contributed by atoms with E-state index in [0.29, 0.717) is 0 Å². The molecule has 2 rings (SSSR count). The summed E-state index contributed by atoms with van der Waals surface area (Å²) in [5.74, 6) is 0.918. The Hall–Kier alpha value is -0.340. The third kappa shape index (κ3) is 2.18. The second-order valence-corrected chi connectivity index (χ2v) is 4.47. The van der Waals surface area contributed by atoms with Crippen LogP contribution in [0.1, 0.15) is 26.2 Å². The van der Waals surface area contributed by atoms with Crippen molar-refractivity contribution in [3.05, 3.63) is 12.2 Å². The predicted octanol–water partition coefficient (Wildman–Crippen LogP) is 1.64. The summed E-state index contributed by atoms with van der Waals surface area (Å²) in [4.78, 5) is 2.66. The largest absolute Gasteiger partial charge is 0.317 e. The minimum Gasteiger partial charge on any atom is -0.317 e. The van der Waals surface area contributed by atoms with E-state index in [1.54, 1.807) is 0 Å². The van der Waals surface area contributed by atoms with Crippen LogP contribution in [0.5, 0.6) is 0 Å². The zero-order chi connectivity index (χ0) is 9.80. The summed E-state index contributed by atoms with van der Waals surface area (Å²) in [7, 11) is 0. The van der Waals surface area contributed by atoms with Crippen molar-refractivity contribution in [2.24, 2.45) is 5.92 Å². The summed E-state index contributed by atoms with van der Waals surface area (Å²) in [5.41, 5.74) is 0. The molecule has 0 radical (unpaired) electrons. The molecule has 1 aliphatic carbocycles. The molecule has 1 saturated carbocycles. The molecule has 1 aliphatic heterocycles. The van der Waals surface area contributed by atoms with Crippen LogP contribution in [-0.2, 0) is 0 Å². The molecule has 2 heteroatoms. The molecule has 2 nitrogen and oxygen atoms in total. The van der Waals surface area contributed by atoms with Crippen molar-refractivity contribution in [2.75, 3.05) is 26.2 Å². The summed E-state index contributed by atoms with van der Waals surface area (Å²) in [6, 6.07) is 0.874. The highest BCUT2D eigenvalue weighted by atomic mass is 15.2. The number of hydrogen-bond donors (Lipinski definition) is 1. The number of rotatable bonds is 4. The fourth-order valence-corrected chi connectivity index (χ4v) is 2.56. The van der Waals surface area contributed by atoms with Gasteiger partial charge in [-0.2, -0.15) is 0 Å². The molecule has 1 heterocycles. The van der Waals surface area contributed by atoms with Gasteiger partial charge in [0.25, 0.3) is 0 Å². The molecule has 0 bridgehead atoms. The zero-order valence-electron chi connectivity index (χ0n) is 9.21. The molecule has 2 unspecified atom stereocenters. The molecule has 1 fully saturated rings. The molecule has 0 aromatic rings. The first-order chi connectivity index (χ1) is 6.92. The molecule has 2 aliphatic rings. The average Bonchev–Trinajstić information content (AvgIpc) is 2.18. The lowest BCUT2D eigenvalue weighted by atomic mass is 9.78. The van der Waals surface area contributed by atoms with Gasteiger partial charge in [-0.15, -0.1) is 0 Å². The maximum Gasteiger partial charge on any atom is 0.0166 e. The molecule has 80 valence electrons.